The number of amides is 2. The lowest BCUT2D eigenvalue weighted by Gasteiger charge is -2.22. The number of benzene rings is 1. The third-order valence-electron chi connectivity index (χ3n) is 6.02. The Morgan fingerprint density at radius 3 is 2.35 bits per heavy atom. The van der Waals surface area contributed by atoms with Gasteiger partial charge in [-0.25, -0.2) is 5.48 Å². The van der Waals surface area contributed by atoms with Crippen molar-refractivity contribution in [2.75, 3.05) is 5.32 Å². The Morgan fingerprint density at radius 2 is 1.71 bits per heavy atom. The van der Waals surface area contributed by atoms with Crippen LogP contribution < -0.4 is 16.1 Å². The van der Waals surface area contributed by atoms with E-state index in [4.69, 9.17) is 9.94 Å². The van der Waals surface area contributed by atoms with E-state index < -0.39 is 0 Å². The maximum absolute atomic E-state index is 12.7. The van der Waals surface area contributed by atoms with Gasteiger partial charge >= 0.3 is 5.97 Å². The van der Waals surface area contributed by atoms with Gasteiger partial charge in [0.2, 0.25) is 11.8 Å². The number of anilines is 1. The lowest BCUT2D eigenvalue weighted by molar-refractivity contribution is -0.151. The van der Waals surface area contributed by atoms with Crippen LogP contribution in [-0.2, 0) is 25.7 Å². The first-order chi connectivity index (χ1) is 16.4. The Kier molecular flexibility index (Phi) is 12.6. The number of esters is 1. The highest BCUT2D eigenvalue weighted by Crippen LogP contribution is 2.22. The summed E-state index contributed by atoms with van der Waals surface area (Å²) in [6.45, 7) is 4.71. The molecule has 1 aromatic rings. The van der Waals surface area contributed by atoms with Crippen LogP contribution >= 0.6 is 0 Å². The molecular weight excluding hydrogens is 434 g/mol. The molecule has 1 aliphatic rings. The molecule has 0 aliphatic heterocycles. The van der Waals surface area contributed by atoms with Crippen LogP contribution in [0.25, 0.3) is 0 Å². The van der Waals surface area contributed by atoms with Gasteiger partial charge in [0.25, 0.3) is 0 Å². The Balaban J connectivity index is 1.76. The zero-order valence-electron chi connectivity index (χ0n) is 20.6. The number of hydroxylamine groups is 1. The van der Waals surface area contributed by atoms with Crippen LogP contribution in [0.4, 0.5) is 5.69 Å². The van der Waals surface area contributed by atoms with Crippen molar-refractivity contribution in [1.82, 2.24) is 10.8 Å². The predicted octanol–water partition coefficient (Wildman–Crippen LogP) is 4.46. The molecule has 2 rings (SSSR count). The SMILES string of the molecule is CC(C)C[C@H](NCc1cccc(NC(=O)CCCCCCC(=O)NO)c1)C(=O)OC1CCCC1. The first-order valence-corrected chi connectivity index (χ1v) is 12.6. The van der Waals surface area contributed by atoms with Gasteiger partial charge in [-0.15, -0.1) is 0 Å². The van der Waals surface area contributed by atoms with E-state index >= 15 is 0 Å². The third-order valence-corrected chi connectivity index (χ3v) is 6.02. The molecule has 0 radical (unpaired) electrons. The minimum absolute atomic E-state index is 0.0453. The van der Waals surface area contributed by atoms with Crippen molar-refractivity contribution in [3.8, 4) is 0 Å². The van der Waals surface area contributed by atoms with Gasteiger partial charge < -0.3 is 15.4 Å². The molecule has 2 amide bonds. The molecule has 1 aromatic carbocycles. The second-order valence-electron chi connectivity index (χ2n) is 9.60. The van der Waals surface area contributed by atoms with Crippen molar-refractivity contribution in [2.24, 2.45) is 5.92 Å². The fourth-order valence-electron chi connectivity index (χ4n) is 4.19. The minimum atomic E-state index is -0.381. The van der Waals surface area contributed by atoms with E-state index in [1.165, 1.54) is 0 Å². The molecule has 0 bridgehead atoms. The van der Waals surface area contributed by atoms with Crippen LogP contribution in [-0.4, -0.2) is 35.1 Å². The van der Waals surface area contributed by atoms with Crippen molar-refractivity contribution in [1.29, 1.82) is 0 Å². The number of unbranched alkanes of at least 4 members (excludes halogenated alkanes) is 3. The topological polar surface area (TPSA) is 117 Å². The van der Waals surface area contributed by atoms with Gasteiger partial charge in [0.05, 0.1) is 0 Å². The summed E-state index contributed by atoms with van der Waals surface area (Å²) < 4.78 is 5.73. The molecule has 8 heteroatoms. The van der Waals surface area contributed by atoms with Crippen LogP contribution in [0.15, 0.2) is 24.3 Å². The smallest absolute Gasteiger partial charge is 0.323 e. The molecule has 1 fully saturated rings. The first-order valence-electron chi connectivity index (χ1n) is 12.6. The van der Waals surface area contributed by atoms with E-state index in [9.17, 15) is 14.4 Å². The summed E-state index contributed by atoms with van der Waals surface area (Å²) in [5, 5.41) is 14.8. The van der Waals surface area contributed by atoms with Crippen molar-refractivity contribution in [3.05, 3.63) is 29.8 Å². The van der Waals surface area contributed by atoms with E-state index in [0.29, 0.717) is 38.1 Å². The second kappa shape index (κ2) is 15.5. The number of nitrogens with one attached hydrogen (secondary N) is 3. The molecule has 0 saturated heterocycles. The Labute approximate surface area is 203 Å². The molecule has 0 unspecified atom stereocenters. The summed E-state index contributed by atoms with van der Waals surface area (Å²) in [5.74, 6) is -0.225. The number of carbonyl (C=O) groups is 3. The molecule has 0 spiro atoms. The van der Waals surface area contributed by atoms with Gasteiger partial charge in [0, 0.05) is 25.1 Å². The summed E-state index contributed by atoms with van der Waals surface area (Å²) in [4.78, 5) is 35.9. The number of hydrogen-bond acceptors (Lipinski definition) is 6. The van der Waals surface area contributed by atoms with Gasteiger partial charge in [0.15, 0.2) is 0 Å². The quantitative estimate of drug-likeness (QED) is 0.129. The number of hydrogen-bond donors (Lipinski definition) is 4. The van der Waals surface area contributed by atoms with Gasteiger partial charge in [0.1, 0.15) is 12.1 Å². The lowest BCUT2D eigenvalue weighted by atomic mass is 10.0. The average molecular weight is 476 g/mol. The van der Waals surface area contributed by atoms with Crippen molar-refractivity contribution in [2.45, 2.75) is 103 Å². The van der Waals surface area contributed by atoms with E-state index in [1.807, 2.05) is 24.3 Å². The third kappa shape index (κ3) is 11.1. The second-order valence-corrected chi connectivity index (χ2v) is 9.60. The molecule has 1 aliphatic carbocycles. The molecule has 4 N–H and O–H groups in total. The summed E-state index contributed by atoms with van der Waals surface area (Å²) in [5.41, 5.74) is 3.34. The number of rotatable bonds is 15. The minimum Gasteiger partial charge on any atom is -0.461 e. The number of ether oxygens (including phenoxy) is 1. The Bertz CT molecular complexity index is 777. The summed E-state index contributed by atoms with van der Waals surface area (Å²) in [6, 6.07) is 7.30. The lowest BCUT2D eigenvalue weighted by Crippen LogP contribution is -2.40. The average Bonchev–Trinajstić information content (AvgIpc) is 3.31. The normalized spacial score (nSPS) is 14.7. The molecule has 190 valence electrons. The van der Waals surface area contributed by atoms with Gasteiger partial charge in [-0.1, -0.05) is 38.8 Å². The van der Waals surface area contributed by atoms with Gasteiger partial charge in [-0.3, -0.25) is 19.6 Å². The Hall–Kier alpha value is -2.45. The molecule has 0 aromatic heterocycles. The highest BCUT2D eigenvalue weighted by atomic mass is 16.5. The van der Waals surface area contributed by atoms with E-state index in [-0.39, 0.29) is 29.9 Å². The monoisotopic (exact) mass is 475 g/mol. The van der Waals surface area contributed by atoms with Crippen LogP contribution in [0.1, 0.15) is 90.0 Å². The van der Waals surface area contributed by atoms with Crippen LogP contribution in [0.3, 0.4) is 0 Å². The van der Waals surface area contributed by atoms with Gasteiger partial charge in [-0.05, 0) is 68.6 Å². The van der Waals surface area contributed by atoms with E-state index in [1.54, 1.807) is 5.48 Å². The van der Waals surface area contributed by atoms with Crippen LogP contribution in [0.2, 0.25) is 0 Å². The summed E-state index contributed by atoms with van der Waals surface area (Å²) in [6.07, 6.45) is 8.78. The molecule has 1 saturated carbocycles. The molecular formula is C26H41N3O5. The largest absolute Gasteiger partial charge is 0.461 e. The number of carbonyl (C=O) groups excluding carboxylic acids is 3. The fraction of sp³-hybridized carbons (Fsp3) is 0.654. The zero-order chi connectivity index (χ0) is 24.8. The summed E-state index contributed by atoms with van der Waals surface area (Å²) in [7, 11) is 0. The molecule has 8 nitrogen and oxygen atoms in total. The molecule has 0 heterocycles. The zero-order valence-corrected chi connectivity index (χ0v) is 20.6. The highest BCUT2D eigenvalue weighted by molar-refractivity contribution is 5.90. The van der Waals surface area contributed by atoms with Crippen LogP contribution in [0.5, 0.6) is 0 Å². The maximum Gasteiger partial charge on any atom is 0.323 e. The maximum atomic E-state index is 12.7. The van der Waals surface area contributed by atoms with E-state index in [2.05, 4.69) is 24.5 Å². The Morgan fingerprint density at radius 1 is 1.03 bits per heavy atom. The molecule has 1 atom stereocenters. The van der Waals surface area contributed by atoms with Gasteiger partial charge in [-0.2, -0.15) is 0 Å². The highest BCUT2D eigenvalue weighted by Gasteiger charge is 2.26. The van der Waals surface area contributed by atoms with E-state index in [0.717, 1.165) is 56.2 Å². The van der Waals surface area contributed by atoms with Crippen molar-refractivity contribution >= 4 is 23.5 Å². The van der Waals surface area contributed by atoms with Crippen LogP contribution in [0, 0.1) is 5.92 Å². The first kappa shape index (κ1) is 27.8. The van der Waals surface area contributed by atoms with Crippen molar-refractivity contribution < 1.29 is 24.3 Å². The molecule has 34 heavy (non-hydrogen) atoms. The van der Waals surface area contributed by atoms with Crippen molar-refractivity contribution in [3.63, 3.8) is 0 Å². The summed E-state index contributed by atoms with van der Waals surface area (Å²) >= 11 is 0. The standard InChI is InChI=1S/C26H41N3O5/c1-19(2)16-23(26(32)34-22-12-7-8-13-22)27-18-20-10-9-11-21(17-20)28-24(30)14-5-3-4-6-15-25(31)29-33/h9-11,17,19,22-23,27,33H,3-8,12-16,18H2,1-2H3,(H,28,30)(H,29,31)/t23-/m0/s1. The predicted molar refractivity (Wildman–Crippen MR) is 131 cm³/mol. The fourth-order valence-corrected chi connectivity index (χ4v) is 4.19.